The van der Waals surface area contributed by atoms with Crippen LogP contribution in [0.25, 0.3) is 0 Å². The topological polar surface area (TPSA) is 80.5 Å². The first-order valence-corrected chi connectivity index (χ1v) is 7.60. The van der Waals surface area contributed by atoms with Gasteiger partial charge in [0, 0.05) is 25.2 Å². The molecule has 1 atom stereocenters. The molecule has 2 fully saturated rings. The lowest BCUT2D eigenvalue weighted by Gasteiger charge is -2.16. The lowest BCUT2D eigenvalue weighted by molar-refractivity contribution is 0.0527. The summed E-state index contributed by atoms with van der Waals surface area (Å²) in [5.41, 5.74) is 6.53. The van der Waals surface area contributed by atoms with Gasteiger partial charge in [0.2, 0.25) is 0 Å². The number of carbonyl (C=O) groups is 1. The third-order valence-corrected chi connectivity index (χ3v) is 4.07. The van der Waals surface area contributed by atoms with E-state index in [9.17, 15) is 4.79 Å². The Morgan fingerprint density at radius 3 is 3.05 bits per heavy atom. The van der Waals surface area contributed by atoms with Crippen molar-refractivity contribution in [2.75, 3.05) is 30.7 Å². The fourth-order valence-corrected chi connectivity index (χ4v) is 2.82. The second kappa shape index (κ2) is 5.89. The molecule has 1 unspecified atom stereocenters. The fraction of sp³-hybridized carbons (Fsp3) is 0.600. The van der Waals surface area contributed by atoms with Crippen LogP contribution < -0.4 is 11.1 Å². The summed E-state index contributed by atoms with van der Waals surface area (Å²) in [4.78, 5) is 18.6. The summed E-state index contributed by atoms with van der Waals surface area (Å²) in [6, 6.07) is 2.87. The Labute approximate surface area is 124 Å². The SMILES string of the molecule is CCOC(=O)c1cc(NC2CCN(C3CC3)C2)ncc1N. The van der Waals surface area contributed by atoms with Crippen LogP contribution in [0.4, 0.5) is 11.5 Å². The Hall–Kier alpha value is -1.82. The van der Waals surface area contributed by atoms with E-state index in [0.29, 0.717) is 29.7 Å². The number of anilines is 2. The van der Waals surface area contributed by atoms with Gasteiger partial charge in [-0.15, -0.1) is 0 Å². The van der Waals surface area contributed by atoms with Gasteiger partial charge in [0.1, 0.15) is 5.82 Å². The first kappa shape index (κ1) is 14.1. The van der Waals surface area contributed by atoms with Crippen molar-refractivity contribution < 1.29 is 9.53 Å². The van der Waals surface area contributed by atoms with Crippen LogP contribution in [0.2, 0.25) is 0 Å². The quantitative estimate of drug-likeness (QED) is 0.800. The number of hydrogen-bond acceptors (Lipinski definition) is 6. The number of esters is 1. The summed E-state index contributed by atoms with van der Waals surface area (Å²) in [5.74, 6) is 0.293. The smallest absolute Gasteiger partial charge is 0.340 e. The van der Waals surface area contributed by atoms with Crippen LogP contribution in [0.5, 0.6) is 0 Å². The Kier molecular flexibility index (Phi) is 3.96. The highest BCUT2D eigenvalue weighted by atomic mass is 16.5. The maximum Gasteiger partial charge on any atom is 0.340 e. The molecule has 3 rings (SSSR count). The van der Waals surface area contributed by atoms with Crippen LogP contribution in [0.1, 0.15) is 36.5 Å². The van der Waals surface area contributed by atoms with Gasteiger partial charge < -0.3 is 15.8 Å². The van der Waals surface area contributed by atoms with Crippen LogP contribution in [0.15, 0.2) is 12.3 Å². The Morgan fingerprint density at radius 1 is 1.52 bits per heavy atom. The van der Waals surface area contributed by atoms with Crippen molar-refractivity contribution in [1.29, 1.82) is 0 Å². The van der Waals surface area contributed by atoms with Crippen molar-refractivity contribution >= 4 is 17.5 Å². The van der Waals surface area contributed by atoms with E-state index in [-0.39, 0.29) is 0 Å². The molecule has 1 saturated carbocycles. The van der Waals surface area contributed by atoms with E-state index < -0.39 is 5.97 Å². The Morgan fingerprint density at radius 2 is 2.33 bits per heavy atom. The third kappa shape index (κ3) is 3.26. The van der Waals surface area contributed by atoms with Crippen LogP contribution in [0.3, 0.4) is 0 Å². The van der Waals surface area contributed by atoms with Crippen LogP contribution in [-0.2, 0) is 4.74 Å². The zero-order valence-electron chi connectivity index (χ0n) is 12.3. The lowest BCUT2D eigenvalue weighted by Crippen LogP contribution is -2.28. The van der Waals surface area contributed by atoms with Gasteiger partial charge in [-0.3, -0.25) is 4.90 Å². The lowest BCUT2D eigenvalue weighted by atomic mass is 10.2. The molecule has 2 heterocycles. The van der Waals surface area contributed by atoms with E-state index in [1.165, 1.54) is 19.0 Å². The predicted molar refractivity (Wildman–Crippen MR) is 81.2 cm³/mol. The number of rotatable bonds is 5. The van der Waals surface area contributed by atoms with Crippen molar-refractivity contribution in [3.63, 3.8) is 0 Å². The maximum atomic E-state index is 11.8. The molecule has 0 spiro atoms. The molecule has 0 radical (unpaired) electrons. The molecule has 0 amide bonds. The zero-order valence-corrected chi connectivity index (χ0v) is 12.3. The fourth-order valence-electron chi connectivity index (χ4n) is 2.82. The van der Waals surface area contributed by atoms with Crippen LogP contribution in [-0.4, -0.2) is 47.6 Å². The minimum atomic E-state index is -0.397. The molecule has 6 nitrogen and oxygen atoms in total. The van der Waals surface area contributed by atoms with Crippen molar-refractivity contribution in [3.05, 3.63) is 17.8 Å². The number of ether oxygens (including phenoxy) is 1. The number of hydrogen-bond donors (Lipinski definition) is 2. The van der Waals surface area contributed by atoms with Crippen molar-refractivity contribution in [2.24, 2.45) is 0 Å². The molecule has 1 saturated heterocycles. The molecular formula is C15H22N4O2. The third-order valence-electron chi connectivity index (χ3n) is 4.07. The highest BCUT2D eigenvalue weighted by molar-refractivity contribution is 5.95. The molecule has 3 N–H and O–H groups in total. The number of nitrogen functional groups attached to an aromatic ring is 1. The molecule has 6 heteroatoms. The molecule has 1 aromatic rings. The first-order chi connectivity index (χ1) is 10.2. The van der Waals surface area contributed by atoms with E-state index in [4.69, 9.17) is 10.5 Å². The molecule has 1 aliphatic heterocycles. The highest BCUT2D eigenvalue weighted by Gasteiger charge is 2.34. The Bertz CT molecular complexity index is 530. The van der Waals surface area contributed by atoms with E-state index in [1.54, 1.807) is 13.0 Å². The van der Waals surface area contributed by atoms with Gasteiger partial charge in [-0.1, -0.05) is 0 Å². The molecule has 0 aromatic carbocycles. The molecule has 114 valence electrons. The largest absolute Gasteiger partial charge is 0.462 e. The van der Waals surface area contributed by atoms with E-state index in [0.717, 1.165) is 25.6 Å². The van der Waals surface area contributed by atoms with Gasteiger partial charge in [-0.25, -0.2) is 9.78 Å². The summed E-state index contributed by atoms with van der Waals surface area (Å²) >= 11 is 0. The van der Waals surface area contributed by atoms with Crippen molar-refractivity contribution in [2.45, 2.75) is 38.3 Å². The van der Waals surface area contributed by atoms with E-state index in [1.807, 2.05) is 0 Å². The van der Waals surface area contributed by atoms with Gasteiger partial charge in [-0.2, -0.15) is 0 Å². The number of nitrogens with two attached hydrogens (primary N) is 1. The maximum absolute atomic E-state index is 11.8. The summed E-state index contributed by atoms with van der Waals surface area (Å²) < 4.78 is 5.01. The average Bonchev–Trinajstić information content (AvgIpc) is 3.22. The number of nitrogens with zero attached hydrogens (tertiary/aromatic N) is 2. The number of aromatic nitrogens is 1. The number of nitrogens with one attached hydrogen (secondary N) is 1. The number of carbonyl (C=O) groups excluding carboxylic acids is 1. The first-order valence-electron chi connectivity index (χ1n) is 7.60. The van der Waals surface area contributed by atoms with Gasteiger partial charge in [-0.05, 0) is 32.3 Å². The van der Waals surface area contributed by atoms with Gasteiger partial charge in [0.05, 0.1) is 24.1 Å². The molecule has 2 aliphatic rings. The molecular weight excluding hydrogens is 268 g/mol. The minimum absolute atomic E-state index is 0.336. The highest BCUT2D eigenvalue weighted by Crippen LogP contribution is 2.30. The monoisotopic (exact) mass is 290 g/mol. The molecule has 1 aromatic heterocycles. The predicted octanol–water partition coefficient (Wildman–Crippen LogP) is 1.49. The summed E-state index contributed by atoms with van der Waals surface area (Å²) in [7, 11) is 0. The second-order valence-corrected chi connectivity index (χ2v) is 5.73. The van der Waals surface area contributed by atoms with E-state index >= 15 is 0 Å². The van der Waals surface area contributed by atoms with Gasteiger partial charge in [0.15, 0.2) is 0 Å². The summed E-state index contributed by atoms with van der Waals surface area (Å²) in [5, 5.41) is 3.40. The second-order valence-electron chi connectivity index (χ2n) is 5.73. The van der Waals surface area contributed by atoms with Crippen molar-refractivity contribution in [1.82, 2.24) is 9.88 Å². The summed E-state index contributed by atoms with van der Waals surface area (Å²) in [6.45, 7) is 4.30. The Balaban J connectivity index is 1.65. The van der Waals surface area contributed by atoms with Crippen LogP contribution in [0, 0.1) is 0 Å². The van der Waals surface area contributed by atoms with Crippen LogP contribution >= 0.6 is 0 Å². The molecule has 1 aliphatic carbocycles. The normalized spacial score (nSPS) is 22.2. The standard InChI is InChI=1S/C15H22N4O2/c1-2-21-15(20)12-7-14(17-8-13(12)16)18-10-5-6-19(9-10)11-3-4-11/h7-8,10-11H,2-6,9,16H2,1H3,(H,17,18). The summed E-state index contributed by atoms with van der Waals surface area (Å²) in [6.07, 6.45) is 5.29. The molecule has 21 heavy (non-hydrogen) atoms. The minimum Gasteiger partial charge on any atom is -0.462 e. The van der Waals surface area contributed by atoms with Crippen molar-refractivity contribution in [3.8, 4) is 0 Å². The molecule has 0 bridgehead atoms. The van der Waals surface area contributed by atoms with Gasteiger partial charge >= 0.3 is 5.97 Å². The van der Waals surface area contributed by atoms with Gasteiger partial charge in [0.25, 0.3) is 0 Å². The number of likely N-dealkylation sites (tertiary alicyclic amines) is 1. The zero-order chi connectivity index (χ0) is 14.8. The van der Waals surface area contributed by atoms with E-state index in [2.05, 4.69) is 15.2 Å². The average molecular weight is 290 g/mol. The number of pyridine rings is 1.